The summed E-state index contributed by atoms with van der Waals surface area (Å²) in [5.74, 6) is 0. The molecule has 0 N–H and O–H groups in total. The van der Waals surface area contributed by atoms with Crippen LogP contribution in [0, 0.1) is 0 Å². The molecule has 0 rings (SSSR count). The van der Waals surface area contributed by atoms with Gasteiger partial charge in [0.15, 0.2) is 0 Å². The molecule has 0 saturated heterocycles. The predicted molar refractivity (Wildman–Crippen MR) is 11.5 cm³/mol. The summed E-state index contributed by atoms with van der Waals surface area (Å²) in [5.41, 5.74) is 0. The third kappa shape index (κ3) is 22.6. The maximum Gasteiger partial charge on any atom is 0 e. The number of rotatable bonds is 0. The monoisotopic (exact) mass is 481 g/mol. The first-order chi connectivity index (χ1) is 0. The Morgan fingerprint density at radius 1 is 1.00 bits per heavy atom. The standard InChI is InChI=1S/Fe.Hf.K.Na.Nb.Zr. The number of hydrogen-bond donors (Lipinski definition) is 0. The summed E-state index contributed by atoms with van der Waals surface area (Å²) in [6.07, 6.45) is 0. The van der Waals surface area contributed by atoms with E-state index in [1.54, 1.807) is 0 Å². The fourth-order valence-electron chi connectivity index (χ4n) is 0. The van der Waals surface area contributed by atoms with Crippen LogP contribution in [0.2, 0.25) is 0 Å². The summed E-state index contributed by atoms with van der Waals surface area (Å²) in [7, 11) is 0. The molecule has 0 aromatic carbocycles. The van der Waals surface area contributed by atoms with Crippen molar-refractivity contribution in [2.75, 3.05) is 0 Å². The van der Waals surface area contributed by atoms with Gasteiger partial charge in [0.05, 0.1) is 0 Å². The van der Waals surface area contributed by atoms with Gasteiger partial charge in [-0.05, 0) is 0 Å². The molecule has 6 heteroatoms. The first kappa shape index (κ1) is 41.4. The second-order valence-corrected chi connectivity index (χ2v) is 0. The molecule has 0 spiro atoms. The van der Waals surface area contributed by atoms with Crippen molar-refractivity contribution in [1.29, 1.82) is 0 Å². The van der Waals surface area contributed by atoms with Gasteiger partial charge in [0.25, 0.3) is 0 Å². The van der Waals surface area contributed by atoms with Crippen molar-refractivity contribution in [1.82, 2.24) is 0 Å². The predicted octanol–water partition coefficient (Wildman–Crippen LogP) is -0.772. The van der Waals surface area contributed by atoms with Crippen LogP contribution in [0.1, 0.15) is 0 Å². The van der Waals surface area contributed by atoms with E-state index in [0.29, 0.717) is 0 Å². The van der Waals surface area contributed by atoms with Crippen LogP contribution in [-0.2, 0) is 91.5 Å². The van der Waals surface area contributed by atoms with Gasteiger partial charge in [-0.1, -0.05) is 0 Å². The van der Waals surface area contributed by atoms with E-state index in [1.165, 1.54) is 0 Å². The molecule has 0 aliphatic rings. The van der Waals surface area contributed by atoms with Gasteiger partial charge in [-0.25, -0.2) is 0 Å². The first-order valence-electron chi connectivity index (χ1n) is 0. The van der Waals surface area contributed by atoms with Crippen LogP contribution in [0.5, 0.6) is 0 Å². The van der Waals surface area contributed by atoms with Crippen molar-refractivity contribution in [3.63, 3.8) is 0 Å². The van der Waals surface area contributed by atoms with Crippen LogP contribution in [0.4, 0.5) is 0 Å². The molecule has 0 saturated carbocycles. The van der Waals surface area contributed by atoms with Crippen molar-refractivity contribution in [2.24, 2.45) is 0 Å². The van der Waals surface area contributed by atoms with Crippen LogP contribution >= 0.6 is 0 Å². The second-order valence-electron chi connectivity index (χ2n) is 0. The maximum absolute atomic E-state index is 0. The Hall–Kier alpha value is 5.65. The molecule has 3 radical (unpaired) electrons. The van der Waals surface area contributed by atoms with Gasteiger partial charge >= 0.3 is 0 Å². The van der Waals surface area contributed by atoms with Gasteiger partial charge in [0.2, 0.25) is 0 Å². The quantitative estimate of drug-likeness (QED) is 0.400. The molecule has 0 amide bonds. The van der Waals surface area contributed by atoms with Crippen molar-refractivity contribution in [3.05, 3.63) is 0 Å². The number of hydrogen-bond acceptors (Lipinski definition) is 0. The van der Waals surface area contributed by atoms with E-state index in [2.05, 4.69) is 0 Å². The van der Waals surface area contributed by atoms with E-state index >= 15 is 0 Å². The fourth-order valence-corrected chi connectivity index (χ4v) is 0. The molecule has 0 unspecified atom stereocenters. The maximum atomic E-state index is 0. The Morgan fingerprint density at radius 2 is 1.00 bits per heavy atom. The van der Waals surface area contributed by atoms with Gasteiger partial charge in [0, 0.05) is 172 Å². The molecule has 0 fully saturated rings. The zero-order valence-electron chi connectivity index (χ0n) is 3.80. The SMILES string of the molecule is [Fe].[Hf].[K].[Na].[Nb].[Zr]. The Morgan fingerprint density at radius 3 is 1.00 bits per heavy atom. The summed E-state index contributed by atoms with van der Waals surface area (Å²) < 4.78 is 0. The molecule has 23 valence electrons. The van der Waals surface area contributed by atoms with Crippen LogP contribution in [0.3, 0.4) is 0 Å². The molecular formula is FeHfKNaNbZr. The molecule has 0 heterocycles. The summed E-state index contributed by atoms with van der Waals surface area (Å²) >= 11 is 0. The smallest absolute Gasteiger partial charge is 0 e. The first-order valence-corrected chi connectivity index (χ1v) is 0. The van der Waals surface area contributed by atoms with Crippen LogP contribution in [-0.4, -0.2) is 80.9 Å². The van der Waals surface area contributed by atoms with E-state index in [4.69, 9.17) is 0 Å². The topological polar surface area (TPSA) is 0 Å². The third-order valence-corrected chi connectivity index (χ3v) is 0. The van der Waals surface area contributed by atoms with Gasteiger partial charge in [-0.15, -0.1) is 0 Å². The van der Waals surface area contributed by atoms with Gasteiger partial charge in [-0.3, -0.25) is 0 Å². The van der Waals surface area contributed by atoms with Gasteiger partial charge < -0.3 is 0 Å². The van der Waals surface area contributed by atoms with Crippen LogP contribution < -0.4 is 0 Å². The summed E-state index contributed by atoms with van der Waals surface area (Å²) in [6.45, 7) is 0. The average Bonchev–Trinajstić information content (AvgIpc) is 0. The minimum absolute atomic E-state index is 0. The van der Waals surface area contributed by atoms with E-state index in [-0.39, 0.29) is 172 Å². The largest absolute Gasteiger partial charge is 0 e. The molecular weight excluding hydrogens is 481 g/mol. The molecule has 0 atom stereocenters. The molecule has 0 aliphatic carbocycles. The van der Waals surface area contributed by atoms with Gasteiger partial charge in [0.1, 0.15) is 0 Å². The Balaban J connectivity index is 0. The van der Waals surface area contributed by atoms with E-state index in [9.17, 15) is 0 Å². The Kier molecular flexibility index (Phi) is 214. The molecule has 0 bridgehead atoms. The summed E-state index contributed by atoms with van der Waals surface area (Å²) in [4.78, 5) is 0. The van der Waals surface area contributed by atoms with E-state index in [0.717, 1.165) is 0 Å². The van der Waals surface area contributed by atoms with Crippen molar-refractivity contribution in [2.45, 2.75) is 0 Å². The second kappa shape index (κ2) is 31.1. The minimum atomic E-state index is 0. The molecule has 6 heavy (non-hydrogen) atoms. The molecule has 0 aliphatic heterocycles. The Labute approximate surface area is 167 Å². The zero-order chi connectivity index (χ0) is 0. The fraction of sp³-hybridized carbons (Fsp3) is 0. The summed E-state index contributed by atoms with van der Waals surface area (Å²) in [6, 6.07) is 0. The van der Waals surface area contributed by atoms with E-state index in [1.807, 2.05) is 0 Å². The van der Waals surface area contributed by atoms with Crippen molar-refractivity contribution in [3.8, 4) is 0 Å². The van der Waals surface area contributed by atoms with Crippen molar-refractivity contribution >= 4 is 80.9 Å². The normalized spacial score (nSPS) is 0. The van der Waals surface area contributed by atoms with Gasteiger partial charge in [-0.2, -0.15) is 0 Å². The minimum Gasteiger partial charge on any atom is 0 e. The Bertz CT molecular complexity index is 15.5. The van der Waals surface area contributed by atoms with E-state index < -0.39 is 0 Å². The molecule has 0 aromatic rings. The zero-order valence-corrected chi connectivity index (χ0v) is 18.3. The van der Waals surface area contributed by atoms with Crippen molar-refractivity contribution < 1.29 is 91.5 Å². The third-order valence-electron chi connectivity index (χ3n) is 0. The van der Waals surface area contributed by atoms with Crippen LogP contribution in [0.25, 0.3) is 0 Å². The summed E-state index contributed by atoms with van der Waals surface area (Å²) in [5, 5.41) is 0. The van der Waals surface area contributed by atoms with Crippen LogP contribution in [0.15, 0.2) is 0 Å². The molecule has 0 nitrogen and oxygen atoms in total. The molecule has 0 aromatic heterocycles. The average molecular weight is 481 g/mol.